The monoisotopic (exact) mass is 213 g/mol. The van der Waals surface area contributed by atoms with Gasteiger partial charge in [0.05, 0.1) is 6.54 Å². The fourth-order valence-electron chi connectivity index (χ4n) is 2.06. The zero-order chi connectivity index (χ0) is 11.4. The zero-order valence-electron chi connectivity index (χ0n) is 10.3. The summed E-state index contributed by atoms with van der Waals surface area (Å²) in [5.74, 6) is 0.830. The lowest BCUT2D eigenvalue weighted by Gasteiger charge is -2.30. The fourth-order valence-corrected chi connectivity index (χ4v) is 2.06. The number of nitrogens with zero attached hydrogens (tertiary/aromatic N) is 2. The van der Waals surface area contributed by atoms with Gasteiger partial charge in [-0.15, -0.1) is 0 Å². The molecule has 0 saturated carbocycles. The molecule has 0 aromatic heterocycles. The van der Waals surface area contributed by atoms with Crippen molar-refractivity contribution < 1.29 is 4.79 Å². The minimum atomic E-state index is 0.191. The Morgan fingerprint density at radius 2 is 2.07 bits per heavy atom. The van der Waals surface area contributed by atoms with E-state index in [1.54, 1.807) is 4.90 Å². The molecule has 4 nitrogen and oxygen atoms in total. The SMILES string of the molecule is CCN(CC(=O)N(C)C)C1CNCC1C. The van der Waals surface area contributed by atoms with E-state index in [4.69, 9.17) is 0 Å². The first-order chi connectivity index (χ1) is 7.06. The Hall–Kier alpha value is -0.610. The summed E-state index contributed by atoms with van der Waals surface area (Å²) >= 11 is 0. The normalized spacial score (nSPS) is 25.9. The molecule has 1 aliphatic heterocycles. The molecule has 2 unspecified atom stereocenters. The van der Waals surface area contributed by atoms with Crippen molar-refractivity contribution in [3.63, 3.8) is 0 Å². The summed E-state index contributed by atoms with van der Waals surface area (Å²) in [7, 11) is 3.62. The van der Waals surface area contributed by atoms with E-state index >= 15 is 0 Å². The predicted molar refractivity (Wildman–Crippen MR) is 61.8 cm³/mol. The van der Waals surface area contributed by atoms with Crippen LogP contribution >= 0.6 is 0 Å². The Labute approximate surface area is 92.6 Å². The van der Waals surface area contributed by atoms with E-state index in [2.05, 4.69) is 24.1 Å². The Balaban J connectivity index is 2.51. The molecule has 0 aromatic rings. The summed E-state index contributed by atoms with van der Waals surface area (Å²) < 4.78 is 0. The van der Waals surface area contributed by atoms with Gasteiger partial charge >= 0.3 is 0 Å². The quantitative estimate of drug-likeness (QED) is 0.714. The van der Waals surface area contributed by atoms with Crippen LogP contribution in [0.2, 0.25) is 0 Å². The van der Waals surface area contributed by atoms with Crippen molar-refractivity contribution in [1.82, 2.24) is 15.1 Å². The number of likely N-dealkylation sites (N-methyl/N-ethyl adjacent to an activating group) is 2. The van der Waals surface area contributed by atoms with Crippen LogP contribution < -0.4 is 5.32 Å². The first kappa shape index (κ1) is 12.5. The summed E-state index contributed by atoms with van der Waals surface area (Å²) in [6, 6.07) is 0.513. The summed E-state index contributed by atoms with van der Waals surface area (Å²) in [6.45, 7) is 7.92. The molecular formula is C11H23N3O. The van der Waals surface area contributed by atoms with E-state index in [-0.39, 0.29) is 5.91 Å². The maximum atomic E-state index is 11.6. The number of rotatable bonds is 4. The third kappa shape index (κ3) is 3.18. The van der Waals surface area contributed by atoms with Gasteiger partial charge in [0, 0.05) is 26.7 Å². The van der Waals surface area contributed by atoms with Crippen LogP contribution in [0.3, 0.4) is 0 Å². The lowest BCUT2D eigenvalue weighted by atomic mass is 10.0. The van der Waals surface area contributed by atoms with Crippen molar-refractivity contribution in [3.8, 4) is 0 Å². The van der Waals surface area contributed by atoms with Crippen LogP contribution in [-0.4, -0.2) is 62.0 Å². The minimum absolute atomic E-state index is 0.191. The number of hydrogen-bond donors (Lipinski definition) is 1. The summed E-state index contributed by atoms with van der Waals surface area (Å²) in [5.41, 5.74) is 0. The van der Waals surface area contributed by atoms with Crippen LogP contribution in [0.5, 0.6) is 0 Å². The zero-order valence-corrected chi connectivity index (χ0v) is 10.3. The predicted octanol–water partition coefficient (Wildman–Crippen LogP) is 0.00440. The number of carbonyl (C=O) groups excluding carboxylic acids is 1. The van der Waals surface area contributed by atoms with Gasteiger partial charge in [-0.1, -0.05) is 13.8 Å². The fraction of sp³-hybridized carbons (Fsp3) is 0.909. The van der Waals surface area contributed by atoms with Crippen LogP contribution in [0.15, 0.2) is 0 Å². The third-order valence-electron chi connectivity index (χ3n) is 3.19. The summed E-state index contributed by atoms with van der Waals surface area (Å²) in [5, 5.41) is 3.37. The van der Waals surface area contributed by atoms with Crippen molar-refractivity contribution in [1.29, 1.82) is 0 Å². The van der Waals surface area contributed by atoms with Crippen LogP contribution in [0, 0.1) is 5.92 Å². The highest BCUT2D eigenvalue weighted by atomic mass is 16.2. The van der Waals surface area contributed by atoms with Crippen LogP contribution in [-0.2, 0) is 4.79 Å². The van der Waals surface area contributed by atoms with Gasteiger partial charge in [-0.25, -0.2) is 0 Å². The molecule has 1 heterocycles. The number of amides is 1. The van der Waals surface area contributed by atoms with Gasteiger partial charge in [0.25, 0.3) is 0 Å². The van der Waals surface area contributed by atoms with Crippen LogP contribution in [0.4, 0.5) is 0 Å². The molecule has 15 heavy (non-hydrogen) atoms. The van der Waals surface area contributed by atoms with Gasteiger partial charge in [-0.3, -0.25) is 9.69 Å². The summed E-state index contributed by atoms with van der Waals surface area (Å²) in [4.78, 5) is 15.6. The lowest BCUT2D eigenvalue weighted by molar-refractivity contribution is -0.130. The number of nitrogens with one attached hydrogen (secondary N) is 1. The molecule has 4 heteroatoms. The van der Waals surface area contributed by atoms with Gasteiger partial charge < -0.3 is 10.2 Å². The Morgan fingerprint density at radius 1 is 1.40 bits per heavy atom. The van der Waals surface area contributed by atoms with Gasteiger partial charge in [0.1, 0.15) is 0 Å². The molecule has 0 aromatic carbocycles. The average molecular weight is 213 g/mol. The topological polar surface area (TPSA) is 35.6 Å². The lowest BCUT2D eigenvalue weighted by Crippen LogP contribution is -2.45. The number of carbonyl (C=O) groups is 1. The van der Waals surface area contributed by atoms with E-state index in [1.165, 1.54) is 0 Å². The van der Waals surface area contributed by atoms with Gasteiger partial charge in [0.2, 0.25) is 5.91 Å². The Bertz CT molecular complexity index is 218. The summed E-state index contributed by atoms with van der Waals surface area (Å²) in [6.07, 6.45) is 0. The second-order valence-corrected chi connectivity index (χ2v) is 4.55. The number of hydrogen-bond acceptors (Lipinski definition) is 3. The van der Waals surface area contributed by atoms with E-state index < -0.39 is 0 Å². The van der Waals surface area contributed by atoms with Crippen molar-refractivity contribution in [2.24, 2.45) is 5.92 Å². The molecule has 1 N–H and O–H groups in total. The van der Waals surface area contributed by atoms with E-state index in [1.807, 2.05) is 14.1 Å². The standard InChI is InChI=1S/C11H23N3O/c1-5-14(8-11(15)13(3)4)10-7-12-6-9(10)2/h9-10,12H,5-8H2,1-4H3. The highest BCUT2D eigenvalue weighted by Crippen LogP contribution is 2.14. The molecule has 1 amide bonds. The van der Waals surface area contributed by atoms with E-state index in [0.29, 0.717) is 18.5 Å². The van der Waals surface area contributed by atoms with Crippen molar-refractivity contribution >= 4 is 5.91 Å². The maximum absolute atomic E-state index is 11.6. The van der Waals surface area contributed by atoms with Gasteiger partial charge in [0.15, 0.2) is 0 Å². The Morgan fingerprint density at radius 3 is 2.47 bits per heavy atom. The van der Waals surface area contributed by atoms with Gasteiger partial charge in [-0.2, -0.15) is 0 Å². The molecule has 0 aliphatic carbocycles. The smallest absolute Gasteiger partial charge is 0.236 e. The first-order valence-corrected chi connectivity index (χ1v) is 5.71. The minimum Gasteiger partial charge on any atom is -0.348 e. The van der Waals surface area contributed by atoms with Crippen LogP contribution in [0.25, 0.3) is 0 Å². The highest BCUT2D eigenvalue weighted by Gasteiger charge is 2.29. The molecule has 0 bridgehead atoms. The molecule has 0 spiro atoms. The molecule has 1 rings (SSSR count). The second kappa shape index (κ2) is 5.47. The van der Waals surface area contributed by atoms with Crippen molar-refractivity contribution in [3.05, 3.63) is 0 Å². The largest absolute Gasteiger partial charge is 0.348 e. The molecule has 1 fully saturated rings. The molecule has 1 aliphatic rings. The Kier molecular flexibility index (Phi) is 4.54. The molecule has 0 radical (unpaired) electrons. The third-order valence-corrected chi connectivity index (χ3v) is 3.19. The molecular weight excluding hydrogens is 190 g/mol. The van der Waals surface area contributed by atoms with E-state index in [9.17, 15) is 4.79 Å². The van der Waals surface area contributed by atoms with Crippen LogP contribution in [0.1, 0.15) is 13.8 Å². The molecule has 1 saturated heterocycles. The first-order valence-electron chi connectivity index (χ1n) is 5.71. The highest BCUT2D eigenvalue weighted by molar-refractivity contribution is 5.77. The average Bonchev–Trinajstić information content (AvgIpc) is 2.60. The van der Waals surface area contributed by atoms with E-state index in [0.717, 1.165) is 19.6 Å². The van der Waals surface area contributed by atoms with Gasteiger partial charge in [-0.05, 0) is 19.0 Å². The molecule has 88 valence electrons. The maximum Gasteiger partial charge on any atom is 0.236 e. The van der Waals surface area contributed by atoms with Crippen molar-refractivity contribution in [2.45, 2.75) is 19.9 Å². The second-order valence-electron chi connectivity index (χ2n) is 4.55. The molecule has 2 atom stereocenters. The van der Waals surface area contributed by atoms with Crippen molar-refractivity contribution in [2.75, 3.05) is 40.3 Å².